The fraction of sp³-hybridized carbons (Fsp3) is 0. The molecule has 147 heavy (non-hydrogen) atoms. The van der Waals surface area contributed by atoms with E-state index in [1.54, 1.807) is 37.2 Å². The lowest BCUT2D eigenvalue weighted by molar-refractivity contribution is 1.22. The average molecular weight is 1930 g/mol. The Hall–Kier alpha value is -18.9. The zero-order valence-electron chi connectivity index (χ0n) is 78.9. The Balaban J connectivity index is 0.000000112. The number of thiophene rings is 3. The molecule has 0 saturated heterocycles. The summed E-state index contributed by atoms with van der Waals surface area (Å²) < 4.78 is 7.45. The van der Waals surface area contributed by atoms with Crippen molar-refractivity contribution in [2.45, 2.75) is 0 Å². The highest BCUT2D eigenvalue weighted by Gasteiger charge is 2.25. The summed E-state index contributed by atoms with van der Waals surface area (Å²) in [5.74, 6) is 0. The first-order valence-electron chi connectivity index (χ1n) is 48.7. The van der Waals surface area contributed by atoms with Gasteiger partial charge in [-0.15, -0.1) is 34.0 Å². The molecule has 0 saturated carbocycles. The number of fused-ring (bicyclic) bond motifs is 15. The lowest BCUT2D eigenvalue weighted by Crippen LogP contribution is -1.94. The highest BCUT2D eigenvalue weighted by molar-refractivity contribution is 7.27. The maximum atomic E-state index is 5.31. The minimum atomic E-state index is 0.809. The van der Waals surface area contributed by atoms with Crippen molar-refractivity contribution in [3.63, 3.8) is 0 Å². The summed E-state index contributed by atoms with van der Waals surface area (Å²) in [4.78, 5) is 58.3. The maximum Gasteiger partial charge on any atom is 0.0900 e. The van der Waals surface area contributed by atoms with Crippen LogP contribution >= 0.6 is 34.0 Å². The van der Waals surface area contributed by atoms with Crippen molar-refractivity contribution in [1.29, 1.82) is 0 Å². The number of benzene rings is 13. The molecule has 0 amide bonds. The summed E-state index contributed by atoms with van der Waals surface area (Å²) >= 11 is 5.47. The molecule has 15 heterocycles. The average Bonchev–Trinajstić information content (AvgIpc) is 1.61. The Morgan fingerprint density at radius 1 is 0.136 bits per heavy atom. The second-order valence-electron chi connectivity index (χ2n) is 36.0. The first-order chi connectivity index (χ1) is 72.8. The molecule has 688 valence electrons. The molecule has 0 unspecified atom stereocenters. The van der Waals surface area contributed by atoms with Crippen LogP contribution < -0.4 is 0 Å². The summed E-state index contributed by atoms with van der Waals surface area (Å²) in [6, 6.07) is 161. The molecule has 0 spiro atoms. The molecule has 0 N–H and O–H groups in total. The third kappa shape index (κ3) is 17.3. The number of hydrogen-bond acceptors (Lipinski definition) is 15. The van der Waals surface area contributed by atoms with E-state index in [4.69, 9.17) is 29.9 Å². The van der Waals surface area contributed by atoms with E-state index in [-0.39, 0.29) is 0 Å². The van der Waals surface area contributed by atoms with Crippen LogP contribution in [0.15, 0.2) is 498 Å². The van der Waals surface area contributed by atoms with Crippen LogP contribution in [0.1, 0.15) is 0 Å². The third-order valence-electron chi connectivity index (χ3n) is 26.9. The Morgan fingerprint density at radius 2 is 0.401 bits per heavy atom. The minimum absolute atomic E-state index is 0.809. The first-order valence-corrected chi connectivity index (χ1v) is 51.2. The lowest BCUT2D eigenvalue weighted by Gasteiger charge is -2.13. The predicted octanol–water partition coefficient (Wildman–Crippen LogP) is 35.0. The molecule has 0 radical (unpaired) electrons. The molecule has 13 aromatic carbocycles. The summed E-state index contributed by atoms with van der Waals surface area (Å²) in [7, 11) is 0. The van der Waals surface area contributed by atoms with Crippen molar-refractivity contribution in [2.24, 2.45) is 0 Å². The van der Waals surface area contributed by atoms with Crippen molar-refractivity contribution in [3.05, 3.63) is 498 Å². The monoisotopic (exact) mass is 1930 g/mol. The van der Waals surface area contributed by atoms with E-state index in [9.17, 15) is 0 Å². The molecule has 28 rings (SSSR count). The van der Waals surface area contributed by atoms with Gasteiger partial charge >= 0.3 is 0 Å². The molecule has 0 aliphatic heterocycles. The van der Waals surface area contributed by atoms with Crippen LogP contribution in [0.25, 0.3) is 273 Å². The van der Waals surface area contributed by atoms with Crippen molar-refractivity contribution in [3.8, 4) is 180 Å². The van der Waals surface area contributed by atoms with Crippen LogP contribution in [0.3, 0.4) is 0 Å². The van der Waals surface area contributed by atoms with E-state index >= 15 is 0 Å². The van der Waals surface area contributed by atoms with Crippen LogP contribution in [0.5, 0.6) is 0 Å². The number of aromatic nitrogens is 12. The second kappa shape index (κ2) is 38.8. The molecule has 0 fully saturated rings. The number of pyridine rings is 12. The maximum absolute atomic E-state index is 5.31. The largest absolute Gasteiger partial charge is 0.255 e. The fourth-order valence-corrected chi connectivity index (χ4v) is 23.7. The summed E-state index contributed by atoms with van der Waals surface area (Å²) in [6.07, 6.45) is 10.8. The third-order valence-corrected chi connectivity index (χ3v) is 30.5. The Bertz CT molecular complexity index is 9660. The smallest absolute Gasteiger partial charge is 0.0900 e. The Kier molecular flexibility index (Phi) is 23.3. The molecule has 0 bridgehead atoms. The zero-order valence-corrected chi connectivity index (χ0v) is 81.4. The van der Waals surface area contributed by atoms with Gasteiger partial charge in [-0.1, -0.05) is 291 Å². The van der Waals surface area contributed by atoms with Crippen LogP contribution in [0.2, 0.25) is 0 Å². The second-order valence-corrected chi connectivity index (χ2v) is 39.2. The van der Waals surface area contributed by atoms with Gasteiger partial charge in [-0.3, -0.25) is 29.9 Å². The van der Waals surface area contributed by atoms with Crippen molar-refractivity contribution >= 4 is 127 Å². The van der Waals surface area contributed by atoms with Crippen LogP contribution in [0.4, 0.5) is 0 Å². The van der Waals surface area contributed by atoms with Gasteiger partial charge in [0.15, 0.2) is 0 Å². The van der Waals surface area contributed by atoms with E-state index < -0.39 is 0 Å². The fourth-order valence-electron chi connectivity index (χ4n) is 20.0. The standard InChI is InChI=1S/C48H30N4S.2C42H26N4S/c1-2-12-31(13-3-1)47-48-46(38-18-4-5-21-45(38)53-48)39-28-36(22-23-40(39)52-47)34-16-10-14-32(26-34)33-15-11-17-35(27-33)37-29-43(41-19-6-8-24-49-41)51-44(30-37)42-20-7-9-25-50-42;1-2-12-27(13-3-1)41-42-40(32-16-4-5-21-38(32)47-42)39-31(17-11-20-35(39)46-41)29-15-10-14-28(24-29)30-25-36(33-18-6-8-22-43-33)45-37(26-30)34-19-7-9-23-44-34;1-2-11-29(12-3-1)41-42-40(32-13-4-5-18-38(32)47-42)39-31(14-10-17-35(39)46-41)28-21-19-27(20-22-28)30-25-36(33-15-6-8-23-43-33)45-37(26-30)34-16-7-9-24-44-34/h1-30H;2*1-26H. The van der Waals surface area contributed by atoms with Crippen molar-refractivity contribution in [2.75, 3.05) is 0 Å². The number of nitrogens with zero attached hydrogens (tertiary/aromatic N) is 12. The zero-order chi connectivity index (χ0) is 97.5. The first kappa shape index (κ1) is 88.3. The Labute approximate surface area is 858 Å². The van der Waals surface area contributed by atoms with Gasteiger partial charge in [0.2, 0.25) is 0 Å². The SMILES string of the molecule is c1ccc(-c2nc3ccc(-c4cccc(-c5cccc(-c6cc(-c7ccccn7)nc(-c7ccccn7)c6)c5)c4)cc3c3c2sc2ccccc23)cc1.c1ccc(-c2nc3cccc(-c4ccc(-c5cc(-c6ccccn6)nc(-c6ccccn6)c5)cc4)c3c3c2sc2ccccc23)cc1.c1ccc(-c2nc3cccc(-c4cccc(-c5cc(-c6ccccn6)nc(-c6ccccn6)c5)c4)c3c3c2sc2ccccc23)cc1. The quantitative estimate of drug-likeness (QED) is 0.0904. The molecule has 15 heteroatoms. The summed E-state index contributed by atoms with van der Waals surface area (Å²) in [6.45, 7) is 0. The Morgan fingerprint density at radius 3 is 0.762 bits per heavy atom. The van der Waals surface area contributed by atoms with Crippen LogP contribution in [-0.4, -0.2) is 59.8 Å². The van der Waals surface area contributed by atoms with Gasteiger partial charge in [0.1, 0.15) is 0 Å². The molecular weight excluding hydrogens is 1850 g/mol. The van der Waals surface area contributed by atoms with Gasteiger partial charge in [-0.05, 0) is 248 Å². The molecule has 0 aliphatic rings. The topological polar surface area (TPSA) is 155 Å². The van der Waals surface area contributed by atoms with E-state index in [2.05, 4.69) is 382 Å². The summed E-state index contributed by atoms with van der Waals surface area (Å²) in [5, 5.41) is 11.1. The van der Waals surface area contributed by atoms with E-state index in [0.717, 1.165) is 191 Å². The lowest BCUT2D eigenvalue weighted by atomic mass is 9.93. The van der Waals surface area contributed by atoms with Gasteiger partial charge in [0, 0.05) is 116 Å². The molecular formula is C132H82N12S3. The molecule has 15 aromatic heterocycles. The van der Waals surface area contributed by atoms with E-state index in [1.807, 2.05) is 143 Å². The normalized spacial score (nSPS) is 11.4. The van der Waals surface area contributed by atoms with Gasteiger partial charge in [0.05, 0.1) is 116 Å². The molecule has 12 nitrogen and oxygen atoms in total. The molecule has 28 aromatic rings. The van der Waals surface area contributed by atoms with Gasteiger partial charge in [-0.25, -0.2) is 29.9 Å². The van der Waals surface area contributed by atoms with Gasteiger partial charge < -0.3 is 0 Å². The van der Waals surface area contributed by atoms with Crippen LogP contribution in [0, 0.1) is 0 Å². The number of hydrogen-bond donors (Lipinski definition) is 0. The minimum Gasteiger partial charge on any atom is -0.255 e. The predicted molar refractivity (Wildman–Crippen MR) is 611 cm³/mol. The molecule has 0 aliphatic carbocycles. The highest BCUT2D eigenvalue weighted by Crippen LogP contribution is 2.51. The van der Waals surface area contributed by atoms with Crippen molar-refractivity contribution in [1.82, 2.24) is 59.8 Å². The number of rotatable bonds is 16. The van der Waals surface area contributed by atoms with Gasteiger partial charge in [0.25, 0.3) is 0 Å². The van der Waals surface area contributed by atoms with Crippen molar-refractivity contribution < 1.29 is 0 Å². The highest BCUT2D eigenvalue weighted by atomic mass is 32.1. The summed E-state index contributed by atoms with van der Waals surface area (Å²) in [5.41, 5.74) is 35.0. The van der Waals surface area contributed by atoms with Gasteiger partial charge in [-0.2, -0.15) is 0 Å². The van der Waals surface area contributed by atoms with E-state index in [1.165, 1.54) is 82.2 Å². The molecule has 0 atom stereocenters. The van der Waals surface area contributed by atoms with Crippen LogP contribution in [-0.2, 0) is 0 Å². The van der Waals surface area contributed by atoms with E-state index in [0.29, 0.717) is 0 Å².